The standard InChI is InChI=1S/C19H17F3N2O2/c1-12-5-7-15(8-6-12)24-17(25)10-16(18(24)26)23-11-13-3-2-4-14(9-13)19(20,21)22/h2-9,16,23H,10-11H2,1H3/t16-/m1/s1. The van der Waals surface area contributed by atoms with E-state index in [1.54, 1.807) is 30.3 Å². The molecule has 2 amide bonds. The molecule has 0 aliphatic carbocycles. The first kappa shape index (κ1) is 18.1. The maximum absolute atomic E-state index is 12.8. The third-order valence-corrected chi connectivity index (χ3v) is 4.25. The summed E-state index contributed by atoms with van der Waals surface area (Å²) in [6, 6.07) is 11.1. The van der Waals surface area contributed by atoms with E-state index < -0.39 is 23.7 Å². The third kappa shape index (κ3) is 3.77. The smallest absolute Gasteiger partial charge is 0.301 e. The van der Waals surface area contributed by atoms with Gasteiger partial charge in [0.05, 0.1) is 23.7 Å². The molecule has 1 saturated heterocycles. The van der Waals surface area contributed by atoms with E-state index in [1.165, 1.54) is 6.07 Å². The van der Waals surface area contributed by atoms with Crippen molar-refractivity contribution in [2.24, 2.45) is 0 Å². The number of rotatable bonds is 4. The van der Waals surface area contributed by atoms with Gasteiger partial charge in [-0.15, -0.1) is 0 Å². The fourth-order valence-corrected chi connectivity index (χ4v) is 2.86. The summed E-state index contributed by atoms with van der Waals surface area (Å²) in [5.74, 6) is -0.730. The van der Waals surface area contributed by atoms with Crippen LogP contribution in [0.5, 0.6) is 0 Å². The number of imide groups is 1. The van der Waals surface area contributed by atoms with Crippen molar-refractivity contribution in [1.82, 2.24) is 5.32 Å². The molecule has 1 aliphatic heterocycles. The Balaban J connectivity index is 1.69. The van der Waals surface area contributed by atoms with Crippen LogP contribution in [-0.2, 0) is 22.3 Å². The van der Waals surface area contributed by atoms with Crippen molar-refractivity contribution in [2.45, 2.75) is 32.1 Å². The van der Waals surface area contributed by atoms with E-state index in [9.17, 15) is 22.8 Å². The molecule has 2 aromatic carbocycles. The highest BCUT2D eigenvalue weighted by atomic mass is 19.4. The van der Waals surface area contributed by atoms with Gasteiger partial charge in [-0.25, -0.2) is 4.90 Å². The minimum atomic E-state index is -4.42. The summed E-state index contributed by atoms with van der Waals surface area (Å²) in [7, 11) is 0. The summed E-state index contributed by atoms with van der Waals surface area (Å²) in [5.41, 5.74) is 1.15. The van der Waals surface area contributed by atoms with Gasteiger partial charge in [0, 0.05) is 6.54 Å². The molecule has 2 aromatic rings. The molecule has 7 heteroatoms. The summed E-state index contributed by atoms with van der Waals surface area (Å²) in [6.45, 7) is 1.96. The third-order valence-electron chi connectivity index (χ3n) is 4.25. The normalized spacial score (nSPS) is 17.8. The number of amides is 2. The lowest BCUT2D eigenvalue weighted by atomic mass is 10.1. The Hall–Kier alpha value is -2.67. The Bertz CT molecular complexity index is 831. The van der Waals surface area contributed by atoms with Gasteiger partial charge in [-0.05, 0) is 30.7 Å². The second-order valence-corrected chi connectivity index (χ2v) is 6.24. The van der Waals surface area contributed by atoms with E-state index in [2.05, 4.69) is 5.32 Å². The fraction of sp³-hybridized carbons (Fsp3) is 0.263. The molecule has 0 radical (unpaired) electrons. The van der Waals surface area contributed by atoms with Crippen LogP contribution in [0.2, 0.25) is 0 Å². The minimum Gasteiger partial charge on any atom is -0.301 e. The lowest BCUT2D eigenvalue weighted by molar-refractivity contribution is -0.137. The first-order chi connectivity index (χ1) is 12.3. The average molecular weight is 362 g/mol. The Labute approximate surface area is 148 Å². The van der Waals surface area contributed by atoms with Gasteiger partial charge in [0.15, 0.2) is 0 Å². The molecule has 0 unspecified atom stereocenters. The maximum Gasteiger partial charge on any atom is 0.416 e. The van der Waals surface area contributed by atoms with Gasteiger partial charge < -0.3 is 5.32 Å². The van der Waals surface area contributed by atoms with Crippen molar-refractivity contribution in [3.05, 3.63) is 65.2 Å². The number of hydrogen-bond acceptors (Lipinski definition) is 3. The van der Waals surface area contributed by atoms with Crippen LogP contribution in [0.3, 0.4) is 0 Å². The number of carbonyl (C=O) groups is 2. The Morgan fingerprint density at radius 2 is 1.81 bits per heavy atom. The second kappa shape index (κ2) is 6.92. The molecule has 1 aliphatic rings. The van der Waals surface area contributed by atoms with Crippen molar-refractivity contribution in [3.63, 3.8) is 0 Å². The number of nitrogens with zero attached hydrogens (tertiary/aromatic N) is 1. The van der Waals surface area contributed by atoms with Gasteiger partial charge in [0.1, 0.15) is 0 Å². The van der Waals surface area contributed by atoms with E-state index in [0.29, 0.717) is 11.3 Å². The quantitative estimate of drug-likeness (QED) is 0.848. The molecule has 1 N–H and O–H groups in total. The van der Waals surface area contributed by atoms with Crippen molar-refractivity contribution in [2.75, 3.05) is 4.90 Å². The number of halogens is 3. The van der Waals surface area contributed by atoms with E-state index in [-0.39, 0.29) is 18.9 Å². The summed E-state index contributed by atoms with van der Waals surface area (Å²) in [4.78, 5) is 25.8. The Morgan fingerprint density at radius 3 is 2.46 bits per heavy atom. The Morgan fingerprint density at radius 1 is 1.12 bits per heavy atom. The SMILES string of the molecule is Cc1ccc(N2C(=O)C[C@@H](NCc3cccc(C(F)(F)F)c3)C2=O)cc1. The van der Waals surface area contributed by atoms with E-state index in [0.717, 1.165) is 22.6 Å². The summed E-state index contributed by atoms with van der Waals surface area (Å²) >= 11 is 0. The predicted molar refractivity (Wildman–Crippen MR) is 90.4 cm³/mol. The largest absolute Gasteiger partial charge is 0.416 e. The molecule has 1 fully saturated rings. The van der Waals surface area contributed by atoms with Crippen molar-refractivity contribution < 1.29 is 22.8 Å². The lowest BCUT2D eigenvalue weighted by Crippen LogP contribution is -2.38. The van der Waals surface area contributed by atoms with E-state index in [1.807, 2.05) is 6.92 Å². The van der Waals surface area contributed by atoms with Crippen LogP contribution < -0.4 is 10.2 Å². The highest BCUT2D eigenvalue weighted by Crippen LogP contribution is 2.29. The number of nitrogens with one attached hydrogen (secondary N) is 1. The van der Waals surface area contributed by atoms with Crippen LogP contribution in [0.15, 0.2) is 48.5 Å². The molecule has 3 rings (SSSR count). The molecule has 0 saturated carbocycles. The van der Waals surface area contributed by atoms with Crippen LogP contribution in [0.25, 0.3) is 0 Å². The first-order valence-corrected chi connectivity index (χ1v) is 8.09. The van der Waals surface area contributed by atoms with Crippen LogP contribution in [0.1, 0.15) is 23.1 Å². The molecular weight excluding hydrogens is 345 g/mol. The van der Waals surface area contributed by atoms with Crippen LogP contribution in [0, 0.1) is 6.92 Å². The highest BCUT2D eigenvalue weighted by Gasteiger charge is 2.39. The van der Waals surface area contributed by atoms with Crippen molar-refractivity contribution in [1.29, 1.82) is 0 Å². The molecule has 1 heterocycles. The summed E-state index contributed by atoms with van der Waals surface area (Å²) in [5, 5.41) is 2.89. The maximum atomic E-state index is 12.8. The van der Waals surface area contributed by atoms with Crippen molar-refractivity contribution >= 4 is 17.5 Å². The van der Waals surface area contributed by atoms with Gasteiger partial charge in [-0.1, -0.05) is 35.9 Å². The zero-order chi connectivity index (χ0) is 18.9. The topological polar surface area (TPSA) is 49.4 Å². The average Bonchev–Trinajstić information content (AvgIpc) is 2.87. The first-order valence-electron chi connectivity index (χ1n) is 8.09. The number of carbonyl (C=O) groups excluding carboxylic acids is 2. The molecule has 26 heavy (non-hydrogen) atoms. The van der Waals surface area contributed by atoms with Gasteiger partial charge in [-0.3, -0.25) is 9.59 Å². The van der Waals surface area contributed by atoms with Gasteiger partial charge in [0.25, 0.3) is 5.91 Å². The summed E-state index contributed by atoms with van der Waals surface area (Å²) < 4.78 is 38.3. The molecular formula is C19H17F3N2O2. The van der Waals surface area contributed by atoms with Crippen molar-refractivity contribution in [3.8, 4) is 0 Å². The van der Waals surface area contributed by atoms with Gasteiger partial charge in [-0.2, -0.15) is 13.2 Å². The number of benzene rings is 2. The molecule has 4 nitrogen and oxygen atoms in total. The van der Waals surface area contributed by atoms with E-state index >= 15 is 0 Å². The van der Waals surface area contributed by atoms with Gasteiger partial charge in [0.2, 0.25) is 5.91 Å². The molecule has 1 atom stereocenters. The van der Waals surface area contributed by atoms with E-state index in [4.69, 9.17) is 0 Å². The predicted octanol–water partition coefficient (Wildman–Crippen LogP) is 3.44. The zero-order valence-corrected chi connectivity index (χ0v) is 14.0. The van der Waals surface area contributed by atoms with Crippen LogP contribution in [-0.4, -0.2) is 17.9 Å². The Kier molecular flexibility index (Phi) is 4.82. The summed E-state index contributed by atoms with van der Waals surface area (Å²) in [6.07, 6.45) is -4.44. The van der Waals surface area contributed by atoms with Crippen LogP contribution in [0.4, 0.5) is 18.9 Å². The molecule has 0 bridgehead atoms. The fourth-order valence-electron chi connectivity index (χ4n) is 2.86. The molecule has 0 spiro atoms. The number of hydrogen-bond donors (Lipinski definition) is 1. The lowest BCUT2D eigenvalue weighted by Gasteiger charge is -2.16. The monoisotopic (exact) mass is 362 g/mol. The number of aryl methyl sites for hydroxylation is 1. The minimum absolute atomic E-state index is 0.0222. The molecule has 0 aromatic heterocycles. The second-order valence-electron chi connectivity index (χ2n) is 6.24. The molecule has 136 valence electrons. The zero-order valence-electron chi connectivity index (χ0n) is 14.0. The highest BCUT2D eigenvalue weighted by molar-refractivity contribution is 6.22. The number of anilines is 1. The van der Waals surface area contributed by atoms with Crippen LogP contribution >= 0.6 is 0 Å². The number of alkyl halides is 3. The van der Waals surface area contributed by atoms with Gasteiger partial charge >= 0.3 is 6.18 Å².